The van der Waals surface area contributed by atoms with Crippen molar-refractivity contribution in [2.45, 2.75) is 46.1 Å². The summed E-state index contributed by atoms with van der Waals surface area (Å²) in [6.45, 7) is 7.41. The average molecular weight is 391 g/mol. The molecule has 0 bridgehead atoms. The predicted octanol–water partition coefficient (Wildman–Crippen LogP) is 3.16. The van der Waals surface area contributed by atoms with Gasteiger partial charge in [-0.05, 0) is 0 Å². The van der Waals surface area contributed by atoms with Gasteiger partial charge in [0.15, 0.2) is 0 Å². The Labute approximate surface area is 100 Å². The Morgan fingerprint density at radius 1 is 1.08 bits per heavy atom. The van der Waals surface area contributed by atoms with Crippen molar-refractivity contribution in [1.29, 1.82) is 0 Å². The Morgan fingerprint density at radius 3 is 1.83 bits per heavy atom. The third kappa shape index (κ3) is 4.31. The Bertz CT molecular complexity index is 102. The zero-order chi connectivity index (χ0) is 8.27. The standard InChI is InChI=1S/C6H10N.C4H9.U/c1-2-6-5(1)3-4-7-6;1-4(2)3;/h5-6H,1-4H2;1-3H3;/q2*-1;+2. The summed E-state index contributed by atoms with van der Waals surface area (Å²) in [5, 5.41) is 4.40. The van der Waals surface area contributed by atoms with Gasteiger partial charge in [-0.15, -0.1) is 12.6 Å². The molecule has 2 unspecified atom stereocenters. The van der Waals surface area contributed by atoms with Gasteiger partial charge in [0.05, 0.1) is 0 Å². The first-order chi connectivity index (χ1) is 5.20. The summed E-state index contributed by atoms with van der Waals surface area (Å²) in [6.07, 6.45) is 4.25. The third-order valence-corrected chi connectivity index (χ3v) is 2.24. The molecule has 0 aromatic heterocycles. The molecule has 2 fully saturated rings. The van der Waals surface area contributed by atoms with Gasteiger partial charge in [0, 0.05) is 0 Å². The zero-order valence-electron chi connectivity index (χ0n) is 8.43. The average Bonchev–Trinajstić information content (AvgIpc) is 2.10. The van der Waals surface area contributed by atoms with Crippen LogP contribution in [0, 0.1) is 42.9 Å². The number of hydrogen-bond acceptors (Lipinski definition) is 0. The monoisotopic (exact) mass is 391 g/mol. The van der Waals surface area contributed by atoms with Crippen molar-refractivity contribution in [2.24, 2.45) is 5.92 Å². The first-order valence-electron chi connectivity index (χ1n) is 4.63. The van der Waals surface area contributed by atoms with E-state index >= 15 is 0 Å². The van der Waals surface area contributed by atoms with Crippen molar-refractivity contribution in [3.8, 4) is 0 Å². The van der Waals surface area contributed by atoms with Crippen LogP contribution in [-0.2, 0) is 0 Å². The Hall–Kier alpha value is 1.01. The quantitative estimate of drug-likeness (QED) is 0.564. The van der Waals surface area contributed by atoms with Crippen LogP contribution in [-0.4, -0.2) is 12.6 Å². The fraction of sp³-hybridized carbons (Fsp3) is 0.900. The van der Waals surface area contributed by atoms with E-state index in [-0.39, 0.29) is 31.1 Å². The molecule has 2 heteroatoms. The van der Waals surface area contributed by atoms with Crippen molar-refractivity contribution >= 4 is 0 Å². The van der Waals surface area contributed by atoms with E-state index in [2.05, 4.69) is 26.1 Å². The van der Waals surface area contributed by atoms with Crippen molar-refractivity contribution in [1.82, 2.24) is 0 Å². The number of hydrogen-bond donors (Lipinski definition) is 0. The van der Waals surface area contributed by atoms with Crippen LogP contribution in [0.2, 0.25) is 0 Å². The van der Waals surface area contributed by atoms with Gasteiger partial charge in [-0.25, -0.2) is 0 Å². The molecule has 1 saturated carbocycles. The van der Waals surface area contributed by atoms with Crippen LogP contribution >= 0.6 is 0 Å². The van der Waals surface area contributed by atoms with E-state index in [4.69, 9.17) is 0 Å². The molecule has 1 saturated heterocycles. The summed E-state index contributed by atoms with van der Waals surface area (Å²) in [6, 6.07) is 0.819. The summed E-state index contributed by atoms with van der Waals surface area (Å²) in [5.74, 6) is 2.44. The van der Waals surface area contributed by atoms with Crippen LogP contribution in [0.5, 0.6) is 0 Å². The second-order valence-corrected chi connectivity index (χ2v) is 4.10. The fourth-order valence-corrected chi connectivity index (χ4v) is 1.53. The summed E-state index contributed by atoms with van der Waals surface area (Å²) >= 11 is 0. The van der Waals surface area contributed by atoms with Crippen LogP contribution < -0.4 is 0 Å². The number of fused-ring (bicyclic) bond motifs is 1. The molecule has 0 amide bonds. The first kappa shape index (κ1) is 13.0. The van der Waals surface area contributed by atoms with Gasteiger partial charge in [-0.2, -0.15) is 20.8 Å². The molecule has 0 radical (unpaired) electrons. The SMILES string of the molecule is C1CC2CCC2[N-]1.C[C-](C)C.[U+2]. The maximum atomic E-state index is 4.40. The van der Waals surface area contributed by atoms with Gasteiger partial charge in [-0.1, -0.05) is 25.2 Å². The molecule has 2 rings (SSSR count). The normalized spacial score (nSPS) is 31.0. The molecule has 12 heavy (non-hydrogen) atoms. The van der Waals surface area contributed by atoms with E-state index in [1.54, 1.807) is 0 Å². The Morgan fingerprint density at radius 2 is 1.67 bits per heavy atom. The van der Waals surface area contributed by atoms with E-state index in [1.165, 1.54) is 25.2 Å². The topological polar surface area (TPSA) is 14.1 Å². The molecular formula is C10H19NU. The van der Waals surface area contributed by atoms with Gasteiger partial charge in [0.2, 0.25) is 0 Å². The summed E-state index contributed by atoms with van der Waals surface area (Å²) in [4.78, 5) is 0. The van der Waals surface area contributed by atoms with Crippen LogP contribution in [0.1, 0.15) is 40.0 Å². The maximum Gasteiger partial charge on any atom is 2.00 e. The second-order valence-electron chi connectivity index (χ2n) is 4.10. The van der Waals surface area contributed by atoms with Gasteiger partial charge >= 0.3 is 31.1 Å². The molecular weight excluding hydrogens is 372 g/mol. The smallest absolute Gasteiger partial charge is 0.659 e. The van der Waals surface area contributed by atoms with Crippen molar-refractivity contribution in [2.75, 3.05) is 6.54 Å². The minimum absolute atomic E-state index is 0. The minimum atomic E-state index is 0. The van der Waals surface area contributed by atoms with E-state index in [0.717, 1.165) is 18.5 Å². The third-order valence-electron chi connectivity index (χ3n) is 2.24. The molecule has 0 spiro atoms. The molecule has 0 aromatic rings. The van der Waals surface area contributed by atoms with Crippen LogP contribution in [0.25, 0.3) is 5.32 Å². The largest absolute Gasteiger partial charge is 2.00 e. The molecule has 1 heterocycles. The summed E-state index contributed by atoms with van der Waals surface area (Å²) < 4.78 is 0. The molecule has 2 atom stereocenters. The molecule has 68 valence electrons. The Kier molecular flexibility index (Phi) is 7.01. The maximum absolute atomic E-state index is 4.40. The zero-order valence-corrected chi connectivity index (χ0v) is 12.6. The molecule has 2 aliphatic rings. The minimum Gasteiger partial charge on any atom is -0.659 e. The van der Waals surface area contributed by atoms with Crippen molar-refractivity contribution < 1.29 is 31.1 Å². The molecule has 0 aromatic carbocycles. The molecule has 1 nitrogen and oxygen atoms in total. The molecule has 1 aliphatic carbocycles. The number of rotatable bonds is 0. The second kappa shape index (κ2) is 6.46. The first-order valence-corrected chi connectivity index (χ1v) is 4.63. The van der Waals surface area contributed by atoms with Crippen LogP contribution in [0.15, 0.2) is 0 Å². The summed E-state index contributed by atoms with van der Waals surface area (Å²) in [7, 11) is 0. The number of nitrogens with zero attached hydrogens (tertiary/aromatic N) is 1. The van der Waals surface area contributed by atoms with E-state index < -0.39 is 0 Å². The fourth-order valence-electron chi connectivity index (χ4n) is 1.53. The van der Waals surface area contributed by atoms with Gasteiger partial charge in [0.25, 0.3) is 0 Å². The van der Waals surface area contributed by atoms with Crippen molar-refractivity contribution in [3.63, 3.8) is 0 Å². The molecule has 1 aliphatic heterocycles. The van der Waals surface area contributed by atoms with Crippen LogP contribution in [0.3, 0.4) is 0 Å². The predicted molar refractivity (Wildman–Crippen MR) is 49.6 cm³/mol. The van der Waals surface area contributed by atoms with E-state index in [1.807, 2.05) is 0 Å². The van der Waals surface area contributed by atoms with Crippen molar-refractivity contribution in [3.05, 3.63) is 11.2 Å². The van der Waals surface area contributed by atoms with Gasteiger partial charge in [-0.3, -0.25) is 0 Å². The van der Waals surface area contributed by atoms with Gasteiger partial charge < -0.3 is 11.2 Å². The summed E-state index contributed by atoms with van der Waals surface area (Å²) in [5.41, 5.74) is 0. The van der Waals surface area contributed by atoms with E-state index in [0.29, 0.717) is 0 Å². The van der Waals surface area contributed by atoms with E-state index in [9.17, 15) is 0 Å². The van der Waals surface area contributed by atoms with Crippen LogP contribution in [0.4, 0.5) is 0 Å². The Balaban J connectivity index is 0.000000217. The van der Waals surface area contributed by atoms with Gasteiger partial charge in [0.1, 0.15) is 0 Å². The molecule has 0 N–H and O–H groups in total.